The van der Waals surface area contributed by atoms with Crippen molar-refractivity contribution < 1.29 is 9.90 Å². The van der Waals surface area contributed by atoms with E-state index < -0.39 is 12.0 Å². The van der Waals surface area contributed by atoms with Gasteiger partial charge in [-0.1, -0.05) is 13.8 Å². The van der Waals surface area contributed by atoms with Gasteiger partial charge in [-0.2, -0.15) is 0 Å². The molecule has 0 aliphatic carbocycles. The van der Waals surface area contributed by atoms with E-state index in [9.17, 15) is 4.79 Å². The summed E-state index contributed by atoms with van der Waals surface area (Å²) in [5, 5.41) is 8.24. The lowest BCUT2D eigenvalue weighted by Crippen LogP contribution is -2.30. The lowest BCUT2D eigenvalue weighted by molar-refractivity contribution is -0.138. The van der Waals surface area contributed by atoms with Crippen molar-refractivity contribution in [1.29, 1.82) is 0 Å². The maximum atomic E-state index is 10.0. The topological polar surface area (TPSA) is 89.3 Å². The number of aliphatic carboxylic acids is 1. The maximum absolute atomic E-state index is 10.0. The van der Waals surface area contributed by atoms with E-state index in [-0.39, 0.29) is 0 Å². The molecule has 0 saturated heterocycles. The number of carboxylic acid groups (broad SMARTS) is 1. The van der Waals surface area contributed by atoms with Crippen LogP contribution in [0.1, 0.15) is 26.7 Å². The molecule has 0 aliphatic rings. The van der Waals surface area contributed by atoms with Gasteiger partial charge in [-0.25, -0.2) is 0 Å². The van der Waals surface area contributed by atoms with Gasteiger partial charge < -0.3 is 16.6 Å². The summed E-state index contributed by atoms with van der Waals surface area (Å²) in [7, 11) is 0. The molecule has 4 nitrogen and oxygen atoms in total. The van der Waals surface area contributed by atoms with Crippen molar-refractivity contribution in [2.45, 2.75) is 32.7 Å². The molecular weight excluding hydrogens is 144 g/mol. The van der Waals surface area contributed by atoms with Crippen molar-refractivity contribution in [3.05, 3.63) is 0 Å². The molecule has 0 rings (SSSR count). The first-order valence-corrected chi connectivity index (χ1v) is 3.87. The van der Waals surface area contributed by atoms with Crippen LogP contribution in [0.25, 0.3) is 0 Å². The zero-order valence-electron chi connectivity index (χ0n) is 7.21. The first-order chi connectivity index (χ1) is 5.18. The fourth-order valence-electron chi connectivity index (χ4n) is 0.461. The van der Waals surface area contributed by atoms with E-state index in [0.717, 1.165) is 0 Å². The average Bonchev–Trinajstić information content (AvgIpc) is 2.03. The lowest BCUT2D eigenvalue weighted by atomic mass is 10.2. The summed E-state index contributed by atoms with van der Waals surface area (Å²) in [6.45, 7) is 4.50. The van der Waals surface area contributed by atoms with Crippen molar-refractivity contribution in [3.63, 3.8) is 0 Å². The highest BCUT2D eigenvalue weighted by molar-refractivity contribution is 5.72. The minimum absolute atomic E-state index is 0.464. The Morgan fingerprint density at radius 2 is 2.00 bits per heavy atom. The van der Waals surface area contributed by atoms with Crippen LogP contribution in [0, 0.1) is 0 Å². The van der Waals surface area contributed by atoms with E-state index >= 15 is 0 Å². The summed E-state index contributed by atoms with van der Waals surface area (Å²) < 4.78 is 0. The molecule has 0 radical (unpaired) electrons. The smallest absolute Gasteiger partial charge is 0.320 e. The zero-order valence-corrected chi connectivity index (χ0v) is 7.21. The normalized spacial score (nSPS) is 11.3. The standard InChI is InChI=1S/C5H12N2O2.C2H6/c6-3-1-2-4(7)5(8)9;1-2/h4H,1-3,6-7H2,(H,8,9);1-2H3. The number of rotatable bonds is 4. The number of carbonyl (C=O) groups is 1. The van der Waals surface area contributed by atoms with Crippen LogP contribution in [0.4, 0.5) is 0 Å². The highest BCUT2D eigenvalue weighted by Crippen LogP contribution is 1.91. The Morgan fingerprint density at radius 1 is 1.55 bits per heavy atom. The molecule has 5 N–H and O–H groups in total. The Hall–Kier alpha value is -0.610. The fourth-order valence-corrected chi connectivity index (χ4v) is 0.461. The van der Waals surface area contributed by atoms with Gasteiger partial charge in [0, 0.05) is 0 Å². The number of hydrogen-bond donors (Lipinski definition) is 3. The van der Waals surface area contributed by atoms with Crippen LogP contribution >= 0.6 is 0 Å². The van der Waals surface area contributed by atoms with Crippen LogP contribution in [0.15, 0.2) is 0 Å². The Kier molecular flexibility index (Phi) is 11.1. The molecule has 0 aliphatic heterocycles. The largest absolute Gasteiger partial charge is 0.480 e. The minimum atomic E-state index is -0.955. The molecule has 1 unspecified atom stereocenters. The van der Waals surface area contributed by atoms with Gasteiger partial charge in [0.2, 0.25) is 0 Å². The van der Waals surface area contributed by atoms with E-state index in [0.29, 0.717) is 19.4 Å². The first-order valence-electron chi connectivity index (χ1n) is 3.87. The monoisotopic (exact) mass is 162 g/mol. The highest BCUT2D eigenvalue weighted by Gasteiger charge is 2.08. The molecule has 11 heavy (non-hydrogen) atoms. The molecule has 0 aromatic rings. The van der Waals surface area contributed by atoms with E-state index in [4.69, 9.17) is 16.6 Å². The third kappa shape index (κ3) is 9.39. The molecule has 0 aromatic carbocycles. The zero-order chi connectivity index (χ0) is 9.28. The average molecular weight is 162 g/mol. The van der Waals surface area contributed by atoms with Crippen molar-refractivity contribution in [3.8, 4) is 0 Å². The summed E-state index contributed by atoms with van der Waals surface area (Å²) in [6.07, 6.45) is 1.14. The first kappa shape index (κ1) is 13.0. The Morgan fingerprint density at radius 3 is 2.27 bits per heavy atom. The summed E-state index contributed by atoms with van der Waals surface area (Å²) in [6, 6.07) is -0.742. The van der Waals surface area contributed by atoms with Crippen LogP contribution < -0.4 is 11.5 Å². The number of nitrogens with two attached hydrogens (primary N) is 2. The van der Waals surface area contributed by atoms with E-state index in [1.54, 1.807) is 0 Å². The second kappa shape index (κ2) is 9.39. The maximum Gasteiger partial charge on any atom is 0.320 e. The van der Waals surface area contributed by atoms with Gasteiger partial charge in [0.15, 0.2) is 0 Å². The minimum Gasteiger partial charge on any atom is -0.480 e. The van der Waals surface area contributed by atoms with E-state index in [2.05, 4.69) is 0 Å². The number of hydrogen-bond acceptors (Lipinski definition) is 3. The predicted octanol–water partition coefficient (Wildman–Crippen LogP) is 0.163. The Bertz CT molecular complexity index is 96.4. The van der Waals surface area contributed by atoms with Gasteiger partial charge in [-0.15, -0.1) is 0 Å². The third-order valence-electron chi connectivity index (χ3n) is 1.04. The van der Waals surface area contributed by atoms with Crippen molar-refractivity contribution >= 4 is 5.97 Å². The Balaban J connectivity index is 0. The summed E-state index contributed by atoms with van der Waals surface area (Å²) >= 11 is 0. The van der Waals surface area contributed by atoms with Crippen molar-refractivity contribution in [1.82, 2.24) is 0 Å². The summed E-state index contributed by atoms with van der Waals surface area (Å²) in [5.74, 6) is -0.955. The van der Waals surface area contributed by atoms with Gasteiger partial charge in [0.05, 0.1) is 0 Å². The highest BCUT2D eigenvalue weighted by atomic mass is 16.4. The van der Waals surface area contributed by atoms with Gasteiger partial charge in [0.25, 0.3) is 0 Å². The van der Waals surface area contributed by atoms with Gasteiger partial charge >= 0.3 is 5.97 Å². The molecule has 0 amide bonds. The van der Waals surface area contributed by atoms with Gasteiger partial charge in [-0.3, -0.25) is 4.79 Å². The fraction of sp³-hybridized carbons (Fsp3) is 0.857. The Labute approximate surface area is 67.6 Å². The van der Waals surface area contributed by atoms with Crippen LogP contribution in [0.5, 0.6) is 0 Å². The lowest BCUT2D eigenvalue weighted by Gasteiger charge is -2.02. The molecule has 1 atom stereocenters. The molecule has 0 spiro atoms. The molecule has 68 valence electrons. The second-order valence-corrected chi connectivity index (χ2v) is 1.88. The quantitative estimate of drug-likeness (QED) is 0.549. The van der Waals surface area contributed by atoms with Crippen LogP contribution in [0.2, 0.25) is 0 Å². The van der Waals surface area contributed by atoms with E-state index in [1.165, 1.54) is 0 Å². The second-order valence-electron chi connectivity index (χ2n) is 1.88. The third-order valence-corrected chi connectivity index (χ3v) is 1.04. The van der Waals surface area contributed by atoms with Gasteiger partial charge in [0.1, 0.15) is 6.04 Å². The molecular formula is C7H18N2O2. The van der Waals surface area contributed by atoms with Crippen LogP contribution in [-0.2, 0) is 4.79 Å². The van der Waals surface area contributed by atoms with Crippen molar-refractivity contribution in [2.24, 2.45) is 11.5 Å². The number of carboxylic acids is 1. The van der Waals surface area contributed by atoms with Crippen LogP contribution in [0.3, 0.4) is 0 Å². The van der Waals surface area contributed by atoms with Crippen molar-refractivity contribution in [2.75, 3.05) is 6.54 Å². The molecule has 0 saturated carbocycles. The molecule has 0 fully saturated rings. The summed E-state index contributed by atoms with van der Waals surface area (Å²) in [4.78, 5) is 10.0. The molecule has 0 heterocycles. The van der Waals surface area contributed by atoms with E-state index in [1.807, 2.05) is 13.8 Å². The summed E-state index contributed by atoms with van der Waals surface area (Å²) in [5.41, 5.74) is 10.3. The molecule has 0 bridgehead atoms. The SMILES string of the molecule is CC.NCCCC(N)C(=O)O. The van der Waals surface area contributed by atoms with Crippen LogP contribution in [-0.4, -0.2) is 23.7 Å². The van der Waals surface area contributed by atoms with Gasteiger partial charge in [-0.05, 0) is 19.4 Å². The predicted molar refractivity (Wildman–Crippen MR) is 45.2 cm³/mol. The molecule has 4 heteroatoms. The molecule has 0 aromatic heterocycles.